The Morgan fingerprint density at radius 1 is 1.33 bits per heavy atom. The Hall–Kier alpha value is -2.11. The fourth-order valence-electron chi connectivity index (χ4n) is 2.06. The molecule has 0 bridgehead atoms. The Bertz CT molecular complexity index is 517. The van der Waals surface area contributed by atoms with Gasteiger partial charge < -0.3 is 16.2 Å². The number of amides is 1. The SMILES string of the molecule is Cc1cc(C(N)=O)cc(NC(C)CCCC(C)C(=O)O)n1. The third kappa shape index (κ3) is 5.81. The van der Waals surface area contributed by atoms with Crippen molar-refractivity contribution in [3.05, 3.63) is 23.4 Å². The van der Waals surface area contributed by atoms with Crippen LogP contribution in [0.4, 0.5) is 5.82 Å². The number of rotatable bonds is 8. The number of carbonyl (C=O) groups excluding carboxylic acids is 1. The highest BCUT2D eigenvalue weighted by atomic mass is 16.4. The highest BCUT2D eigenvalue weighted by Gasteiger charge is 2.12. The lowest BCUT2D eigenvalue weighted by Crippen LogP contribution is -2.19. The van der Waals surface area contributed by atoms with Crippen molar-refractivity contribution in [3.8, 4) is 0 Å². The molecule has 21 heavy (non-hydrogen) atoms. The molecule has 0 aliphatic carbocycles. The van der Waals surface area contributed by atoms with Crippen molar-refractivity contribution in [3.63, 3.8) is 0 Å². The fourth-order valence-corrected chi connectivity index (χ4v) is 2.06. The lowest BCUT2D eigenvalue weighted by atomic mass is 10.0. The van der Waals surface area contributed by atoms with E-state index in [0.29, 0.717) is 17.8 Å². The summed E-state index contributed by atoms with van der Waals surface area (Å²) in [5.41, 5.74) is 6.42. The van der Waals surface area contributed by atoms with E-state index in [1.165, 1.54) is 0 Å². The van der Waals surface area contributed by atoms with Crippen molar-refractivity contribution in [2.75, 3.05) is 5.32 Å². The monoisotopic (exact) mass is 293 g/mol. The van der Waals surface area contributed by atoms with Crippen LogP contribution in [-0.4, -0.2) is 28.0 Å². The molecule has 0 radical (unpaired) electrons. The predicted octanol–water partition coefficient (Wildman–Crippen LogP) is 2.18. The summed E-state index contributed by atoms with van der Waals surface area (Å²) in [7, 11) is 0. The van der Waals surface area contributed by atoms with Crippen LogP contribution < -0.4 is 11.1 Å². The van der Waals surface area contributed by atoms with Crippen LogP contribution in [0.1, 0.15) is 49.2 Å². The first kappa shape index (κ1) is 16.9. The van der Waals surface area contributed by atoms with E-state index >= 15 is 0 Å². The second-order valence-corrected chi connectivity index (χ2v) is 5.46. The molecule has 0 aliphatic rings. The van der Waals surface area contributed by atoms with Crippen molar-refractivity contribution >= 4 is 17.7 Å². The van der Waals surface area contributed by atoms with E-state index in [4.69, 9.17) is 10.8 Å². The molecule has 4 N–H and O–H groups in total. The van der Waals surface area contributed by atoms with Gasteiger partial charge in [-0.3, -0.25) is 9.59 Å². The molecule has 2 unspecified atom stereocenters. The Labute approximate surface area is 124 Å². The van der Waals surface area contributed by atoms with Crippen LogP contribution in [0, 0.1) is 12.8 Å². The number of anilines is 1. The predicted molar refractivity (Wildman–Crippen MR) is 81.2 cm³/mol. The Kier molecular flexibility index (Phi) is 6.14. The van der Waals surface area contributed by atoms with Crippen molar-refractivity contribution < 1.29 is 14.7 Å². The molecule has 0 fully saturated rings. The molecule has 116 valence electrons. The number of nitrogens with zero attached hydrogens (tertiary/aromatic N) is 1. The van der Waals surface area contributed by atoms with Gasteiger partial charge in [-0.05, 0) is 38.8 Å². The van der Waals surface area contributed by atoms with E-state index in [0.717, 1.165) is 18.5 Å². The Balaban J connectivity index is 2.53. The molecule has 0 saturated heterocycles. The summed E-state index contributed by atoms with van der Waals surface area (Å²) in [5, 5.41) is 12.0. The third-order valence-corrected chi connectivity index (χ3v) is 3.33. The first-order valence-electron chi connectivity index (χ1n) is 7.07. The maximum Gasteiger partial charge on any atom is 0.306 e. The molecule has 0 saturated carbocycles. The van der Waals surface area contributed by atoms with Crippen LogP contribution in [0.25, 0.3) is 0 Å². The number of hydrogen-bond acceptors (Lipinski definition) is 4. The lowest BCUT2D eigenvalue weighted by Gasteiger charge is -2.16. The summed E-state index contributed by atoms with van der Waals surface area (Å²) in [6, 6.07) is 3.42. The largest absolute Gasteiger partial charge is 0.481 e. The number of primary amides is 1. The number of aromatic nitrogens is 1. The van der Waals surface area contributed by atoms with Gasteiger partial charge >= 0.3 is 5.97 Å². The minimum absolute atomic E-state index is 0.140. The lowest BCUT2D eigenvalue weighted by molar-refractivity contribution is -0.141. The van der Waals surface area contributed by atoms with Gasteiger partial charge in [-0.15, -0.1) is 0 Å². The normalized spacial score (nSPS) is 13.5. The molecule has 1 heterocycles. The van der Waals surface area contributed by atoms with Crippen LogP contribution in [0.5, 0.6) is 0 Å². The van der Waals surface area contributed by atoms with Gasteiger partial charge in [0.05, 0.1) is 5.92 Å². The summed E-state index contributed by atoms with van der Waals surface area (Å²) in [4.78, 5) is 26.3. The third-order valence-electron chi connectivity index (χ3n) is 3.33. The van der Waals surface area contributed by atoms with E-state index < -0.39 is 11.9 Å². The van der Waals surface area contributed by atoms with Gasteiger partial charge in [0.2, 0.25) is 5.91 Å². The quantitative estimate of drug-likeness (QED) is 0.681. The maximum atomic E-state index is 11.2. The number of carboxylic acids is 1. The van der Waals surface area contributed by atoms with E-state index in [2.05, 4.69) is 10.3 Å². The molecule has 6 nitrogen and oxygen atoms in total. The van der Waals surface area contributed by atoms with Gasteiger partial charge in [0.15, 0.2) is 0 Å². The van der Waals surface area contributed by atoms with Crippen molar-refractivity contribution in [2.45, 2.75) is 46.1 Å². The van der Waals surface area contributed by atoms with Gasteiger partial charge in [-0.2, -0.15) is 0 Å². The average Bonchev–Trinajstić information content (AvgIpc) is 2.37. The second kappa shape index (κ2) is 7.61. The van der Waals surface area contributed by atoms with Crippen LogP contribution in [0.3, 0.4) is 0 Å². The maximum absolute atomic E-state index is 11.2. The van der Waals surface area contributed by atoms with Gasteiger partial charge in [0, 0.05) is 17.3 Å². The average molecular weight is 293 g/mol. The Morgan fingerprint density at radius 2 is 2.00 bits per heavy atom. The number of hydrogen-bond donors (Lipinski definition) is 3. The number of aliphatic carboxylic acids is 1. The minimum Gasteiger partial charge on any atom is -0.481 e. The van der Waals surface area contributed by atoms with Crippen LogP contribution in [0.15, 0.2) is 12.1 Å². The number of carboxylic acid groups (broad SMARTS) is 1. The van der Waals surface area contributed by atoms with Gasteiger partial charge in [0.25, 0.3) is 0 Å². The van der Waals surface area contributed by atoms with Crippen molar-refractivity contribution in [1.82, 2.24) is 4.98 Å². The fraction of sp³-hybridized carbons (Fsp3) is 0.533. The van der Waals surface area contributed by atoms with E-state index in [1.54, 1.807) is 26.0 Å². The highest BCUT2D eigenvalue weighted by molar-refractivity contribution is 5.93. The zero-order valence-corrected chi connectivity index (χ0v) is 12.7. The summed E-state index contributed by atoms with van der Waals surface area (Å²) < 4.78 is 0. The number of carbonyl (C=O) groups is 2. The molecule has 1 aromatic heterocycles. The van der Waals surface area contributed by atoms with E-state index in [-0.39, 0.29) is 12.0 Å². The Morgan fingerprint density at radius 3 is 2.57 bits per heavy atom. The molecule has 0 spiro atoms. The first-order valence-corrected chi connectivity index (χ1v) is 7.07. The van der Waals surface area contributed by atoms with Gasteiger partial charge in [-0.25, -0.2) is 4.98 Å². The van der Waals surface area contributed by atoms with E-state index in [9.17, 15) is 9.59 Å². The molecule has 0 aliphatic heterocycles. The summed E-state index contributed by atoms with van der Waals surface area (Å²) in [6.45, 7) is 5.51. The number of pyridine rings is 1. The van der Waals surface area contributed by atoms with Crippen molar-refractivity contribution in [1.29, 1.82) is 0 Å². The molecular weight excluding hydrogens is 270 g/mol. The first-order chi connectivity index (χ1) is 9.79. The smallest absolute Gasteiger partial charge is 0.306 e. The minimum atomic E-state index is -0.762. The van der Waals surface area contributed by atoms with Gasteiger partial charge in [0.1, 0.15) is 5.82 Å². The number of aryl methyl sites for hydroxylation is 1. The molecule has 1 aromatic rings. The van der Waals surface area contributed by atoms with Crippen molar-refractivity contribution in [2.24, 2.45) is 11.7 Å². The van der Waals surface area contributed by atoms with Crippen LogP contribution in [0.2, 0.25) is 0 Å². The van der Waals surface area contributed by atoms with E-state index in [1.807, 2.05) is 6.92 Å². The van der Waals surface area contributed by atoms with Crippen LogP contribution in [-0.2, 0) is 4.79 Å². The zero-order chi connectivity index (χ0) is 16.0. The number of nitrogens with two attached hydrogens (primary N) is 1. The standard InChI is InChI=1S/C15H23N3O3/c1-9(15(20)21)5-4-6-10(2)17-13-8-12(14(16)19)7-11(3)18-13/h7-10H,4-6H2,1-3H3,(H2,16,19)(H,17,18)(H,20,21). The molecule has 1 rings (SSSR count). The molecule has 2 atom stereocenters. The second-order valence-electron chi connectivity index (χ2n) is 5.46. The summed E-state index contributed by atoms with van der Waals surface area (Å²) in [6.07, 6.45) is 2.30. The number of nitrogens with one attached hydrogen (secondary N) is 1. The molecule has 1 amide bonds. The highest BCUT2D eigenvalue weighted by Crippen LogP contribution is 2.14. The zero-order valence-electron chi connectivity index (χ0n) is 12.7. The van der Waals surface area contributed by atoms with Crippen LogP contribution >= 0.6 is 0 Å². The summed E-state index contributed by atoms with van der Waals surface area (Å²) >= 11 is 0. The summed E-state index contributed by atoms with van der Waals surface area (Å²) in [5.74, 6) is -0.952. The van der Waals surface area contributed by atoms with Gasteiger partial charge in [-0.1, -0.05) is 13.3 Å². The molecule has 0 aromatic carbocycles. The molecule has 6 heteroatoms. The molecular formula is C15H23N3O3. The topological polar surface area (TPSA) is 105 Å².